The molecule has 0 radical (unpaired) electrons. The lowest BCUT2D eigenvalue weighted by atomic mass is 9.85. The first-order valence-electron chi connectivity index (χ1n) is 5.10. The van der Waals surface area contributed by atoms with E-state index in [9.17, 15) is 0 Å². The number of hydrogen-bond donors (Lipinski definition) is 1. The summed E-state index contributed by atoms with van der Waals surface area (Å²) in [5.74, 6) is 0.763. The van der Waals surface area contributed by atoms with Crippen molar-refractivity contribution in [1.29, 1.82) is 0 Å². The van der Waals surface area contributed by atoms with Crippen LogP contribution in [-0.4, -0.2) is 6.54 Å². The largest absolute Gasteiger partial charge is 0.330 e. The second-order valence-electron chi connectivity index (χ2n) is 3.90. The van der Waals surface area contributed by atoms with Crippen LogP contribution >= 0.6 is 11.3 Å². The first-order valence-corrected chi connectivity index (χ1v) is 5.92. The van der Waals surface area contributed by atoms with Gasteiger partial charge in [0.2, 0.25) is 0 Å². The van der Waals surface area contributed by atoms with Gasteiger partial charge in [0.15, 0.2) is 0 Å². The molecule has 0 aliphatic heterocycles. The molecule has 1 aromatic heterocycles. The quantitative estimate of drug-likeness (QED) is 0.771. The number of nitrogens with two attached hydrogens (primary N) is 1. The van der Waals surface area contributed by atoms with Crippen LogP contribution in [0.3, 0.4) is 0 Å². The van der Waals surface area contributed by atoms with Gasteiger partial charge in [-0.2, -0.15) is 0 Å². The number of aryl methyl sites for hydroxylation is 2. The van der Waals surface area contributed by atoms with Crippen molar-refractivity contribution in [3.63, 3.8) is 0 Å². The molecule has 0 saturated carbocycles. The van der Waals surface area contributed by atoms with Crippen LogP contribution in [0.5, 0.6) is 0 Å². The molecule has 0 saturated heterocycles. The van der Waals surface area contributed by atoms with Crippen LogP contribution in [0.25, 0.3) is 0 Å². The third kappa shape index (κ3) is 1.79. The Kier molecular flexibility index (Phi) is 2.70. The Hall–Kier alpha value is -0.340. The molecule has 1 unspecified atom stereocenters. The molecule has 1 aromatic rings. The predicted molar refractivity (Wildman–Crippen MR) is 58.4 cm³/mol. The standard InChI is InChI=1S/C11H17NS/c1-8-7-10-9(5-6-12)3-2-4-11(10)13-8/h7,9H,2-6,12H2,1H3. The molecule has 0 fully saturated rings. The van der Waals surface area contributed by atoms with Crippen molar-refractivity contribution in [2.24, 2.45) is 5.73 Å². The van der Waals surface area contributed by atoms with Gasteiger partial charge in [-0.05, 0) is 56.7 Å². The molecule has 0 aromatic carbocycles. The third-order valence-electron chi connectivity index (χ3n) is 2.88. The van der Waals surface area contributed by atoms with Gasteiger partial charge in [-0.1, -0.05) is 0 Å². The van der Waals surface area contributed by atoms with Crippen LogP contribution in [0.2, 0.25) is 0 Å². The van der Waals surface area contributed by atoms with Crippen LogP contribution in [0.15, 0.2) is 6.07 Å². The van der Waals surface area contributed by atoms with E-state index in [-0.39, 0.29) is 0 Å². The van der Waals surface area contributed by atoms with E-state index in [0.29, 0.717) is 0 Å². The number of rotatable bonds is 2. The summed E-state index contributed by atoms with van der Waals surface area (Å²) in [4.78, 5) is 3.09. The average Bonchev–Trinajstić information content (AvgIpc) is 2.47. The van der Waals surface area contributed by atoms with E-state index in [4.69, 9.17) is 5.73 Å². The van der Waals surface area contributed by atoms with Crippen LogP contribution in [0.4, 0.5) is 0 Å². The van der Waals surface area contributed by atoms with Crippen LogP contribution in [0.1, 0.15) is 40.5 Å². The zero-order valence-corrected chi connectivity index (χ0v) is 8.99. The van der Waals surface area contributed by atoms with E-state index in [1.807, 2.05) is 11.3 Å². The van der Waals surface area contributed by atoms with Gasteiger partial charge >= 0.3 is 0 Å². The molecule has 13 heavy (non-hydrogen) atoms. The fourth-order valence-electron chi connectivity index (χ4n) is 2.29. The minimum Gasteiger partial charge on any atom is -0.330 e. The number of thiophene rings is 1. The van der Waals surface area contributed by atoms with Gasteiger partial charge < -0.3 is 5.73 Å². The summed E-state index contributed by atoms with van der Waals surface area (Å²) < 4.78 is 0. The molecule has 0 spiro atoms. The Balaban J connectivity index is 2.25. The summed E-state index contributed by atoms with van der Waals surface area (Å²) in [6.07, 6.45) is 5.18. The van der Waals surface area contributed by atoms with Gasteiger partial charge in [-0.25, -0.2) is 0 Å². The first-order chi connectivity index (χ1) is 6.31. The highest BCUT2D eigenvalue weighted by Gasteiger charge is 2.21. The van der Waals surface area contributed by atoms with E-state index in [1.165, 1.54) is 30.6 Å². The molecule has 1 heterocycles. The first kappa shape index (κ1) is 9.22. The lowest BCUT2D eigenvalue weighted by Gasteiger charge is -2.21. The van der Waals surface area contributed by atoms with Gasteiger partial charge in [-0.15, -0.1) is 11.3 Å². The Morgan fingerprint density at radius 2 is 2.46 bits per heavy atom. The van der Waals surface area contributed by atoms with Crippen molar-refractivity contribution < 1.29 is 0 Å². The average molecular weight is 195 g/mol. The summed E-state index contributed by atoms with van der Waals surface area (Å²) in [5, 5.41) is 0. The smallest absolute Gasteiger partial charge is 0.00828 e. The van der Waals surface area contributed by atoms with Crippen LogP contribution in [0, 0.1) is 6.92 Å². The molecular weight excluding hydrogens is 178 g/mol. The molecule has 2 heteroatoms. The Bertz CT molecular complexity index is 290. The van der Waals surface area contributed by atoms with Crippen molar-refractivity contribution in [2.75, 3.05) is 6.54 Å². The molecule has 72 valence electrons. The third-order valence-corrected chi connectivity index (χ3v) is 4.00. The number of fused-ring (bicyclic) bond motifs is 1. The minimum atomic E-state index is 0.763. The Morgan fingerprint density at radius 1 is 1.62 bits per heavy atom. The van der Waals surface area contributed by atoms with E-state index in [1.54, 1.807) is 10.4 Å². The van der Waals surface area contributed by atoms with Crippen molar-refractivity contribution in [1.82, 2.24) is 0 Å². The highest BCUT2D eigenvalue weighted by Crippen LogP contribution is 2.38. The predicted octanol–water partition coefficient (Wildman–Crippen LogP) is 2.83. The van der Waals surface area contributed by atoms with Crippen molar-refractivity contribution in [3.8, 4) is 0 Å². The van der Waals surface area contributed by atoms with Gasteiger partial charge in [0.1, 0.15) is 0 Å². The van der Waals surface area contributed by atoms with Gasteiger partial charge in [0, 0.05) is 9.75 Å². The molecule has 2 rings (SSSR count). The molecule has 1 aliphatic carbocycles. The molecule has 1 aliphatic rings. The summed E-state index contributed by atoms with van der Waals surface area (Å²) in [7, 11) is 0. The molecule has 0 bridgehead atoms. The topological polar surface area (TPSA) is 26.0 Å². The monoisotopic (exact) mass is 195 g/mol. The van der Waals surface area contributed by atoms with E-state index in [2.05, 4.69) is 13.0 Å². The highest BCUT2D eigenvalue weighted by atomic mass is 32.1. The molecule has 1 nitrogen and oxygen atoms in total. The second kappa shape index (κ2) is 3.81. The zero-order chi connectivity index (χ0) is 9.26. The maximum atomic E-state index is 5.63. The highest BCUT2D eigenvalue weighted by molar-refractivity contribution is 7.12. The minimum absolute atomic E-state index is 0.763. The van der Waals surface area contributed by atoms with Crippen LogP contribution < -0.4 is 5.73 Å². The normalized spacial score (nSPS) is 21.5. The maximum Gasteiger partial charge on any atom is 0.00828 e. The van der Waals surface area contributed by atoms with Gasteiger partial charge in [0.05, 0.1) is 0 Å². The Labute approximate surface area is 84.0 Å². The molecular formula is C11H17NS. The fraction of sp³-hybridized carbons (Fsp3) is 0.636. The van der Waals surface area contributed by atoms with Gasteiger partial charge in [0.25, 0.3) is 0 Å². The summed E-state index contributed by atoms with van der Waals surface area (Å²) >= 11 is 1.98. The second-order valence-corrected chi connectivity index (χ2v) is 5.24. The van der Waals surface area contributed by atoms with Crippen molar-refractivity contribution in [3.05, 3.63) is 21.4 Å². The molecule has 2 N–H and O–H groups in total. The summed E-state index contributed by atoms with van der Waals surface area (Å²) in [6, 6.07) is 2.37. The summed E-state index contributed by atoms with van der Waals surface area (Å²) in [6.45, 7) is 3.04. The van der Waals surface area contributed by atoms with Crippen LogP contribution in [-0.2, 0) is 6.42 Å². The van der Waals surface area contributed by atoms with E-state index >= 15 is 0 Å². The lowest BCUT2D eigenvalue weighted by molar-refractivity contribution is 0.531. The zero-order valence-electron chi connectivity index (χ0n) is 8.18. The lowest BCUT2D eigenvalue weighted by Crippen LogP contribution is -2.11. The van der Waals surface area contributed by atoms with E-state index in [0.717, 1.165) is 12.5 Å². The fourth-order valence-corrected chi connectivity index (χ4v) is 3.45. The SMILES string of the molecule is Cc1cc2c(s1)CCCC2CCN. The van der Waals surface area contributed by atoms with Crippen molar-refractivity contribution in [2.45, 2.75) is 38.5 Å². The Morgan fingerprint density at radius 3 is 3.23 bits per heavy atom. The van der Waals surface area contributed by atoms with E-state index < -0.39 is 0 Å². The molecule has 0 amide bonds. The van der Waals surface area contributed by atoms with Gasteiger partial charge in [-0.3, -0.25) is 0 Å². The summed E-state index contributed by atoms with van der Waals surface area (Å²) in [5.41, 5.74) is 7.24. The number of hydrogen-bond acceptors (Lipinski definition) is 2. The molecule has 1 atom stereocenters. The van der Waals surface area contributed by atoms with Crippen molar-refractivity contribution >= 4 is 11.3 Å². The maximum absolute atomic E-state index is 5.63.